The molecule has 2 heterocycles. The van der Waals surface area contributed by atoms with Crippen LogP contribution < -0.4 is 0 Å². The highest BCUT2D eigenvalue weighted by molar-refractivity contribution is 7.99. The first-order chi connectivity index (χ1) is 10.5. The number of benzene rings is 1. The molecule has 7 heteroatoms. The SMILES string of the molecule is CC(Sc1nnc(C2CCS(=O)(=O)C2)n1C)c1ccccc1. The first kappa shape index (κ1) is 15.6. The van der Waals surface area contributed by atoms with Crippen LogP contribution in [0.15, 0.2) is 35.5 Å². The molecule has 2 unspecified atom stereocenters. The molecule has 1 saturated heterocycles. The van der Waals surface area contributed by atoms with E-state index in [2.05, 4.69) is 29.3 Å². The van der Waals surface area contributed by atoms with Gasteiger partial charge in [-0.25, -0.2) is 8.42 Å². The summed E-state index contributed by atoms with van der Waals surface area (Å²) in [5.41, 5.74) is 1.24. The maximum absolute atomic E-state index is 11.6. The molecule has 22 heavy (non-hydrogen) atoms. The summed E-state index contributed by atoms with van der Waals surface area (Å²) in [4.78, 5) is 0. The number of hydrogen-bond donors (Lipinski definition) is 0. The maximum atomic E-state index is 11.6. The largest absolute Gasteiger partial charge is 0.309 e. The second kappa shape index (κ2) is 6.04. The van der Waals surface area contributed by atoms with Crippen LogP contribution >= 0.6 is 11.8 Å². The van der Waals surface area contributed by atoms with E-state index in [0.29, 0.717) is 6.42 Å². The monoisotopic (exact) mass is 337 g/mol. The number of sulfone groups is 1. The maximum Gasteiger partial charge on any atom is 0.191 e. The van der Waals surface area contributed by atoms with E-state index >= 15 is 0 Å². The number of aromatic nitrogens is 3. The molecule has 2 atom stereocenters. The van der Waals surface area contributed by atoms with E-state index in [-0.39, 0.29) is 22.7 Å². The van der Waals surface area contributed by atoms with Gasteiger partial charge in [0.25, 0.3) is 0 Å². The first-order valence-electron chi connectivity index (χ1n) is 7.27. The van der Waals surface area contributed by atoms with E-state index in [9.17, 15) is 8.42 Å². The van der Waals surface area contributed by atoms with Gasteiger partial charge in [0.15, 0.2) is 15.0 Å². The minimum atomic E-state index is -2.91. The highest BCUT2D eigenvalue weighted by Gasteiger charge is 2.32. The molecule has 0 saturated carbocycles. The van der Waals surface area contributed by atoms with Crippen molar-refractivity contribution in [1.82, 2.24) is 14.8 Å². The average molecular weight is 337 g/mol. The number of rotatable bonds is 4. The van der Waals surface area contributed by atoms with Crippen LogP contribution in [0.5, 0.6) is 0 Å². The molecule has 1 aromatic carbocycles. The summed E-state index contributed by atoms with van der Waals surface area (Å²) < 4.78 is 25.2. The lowest BCUT2D eigenvalue weighted by Gasteiger charge is -2.12. The van der Waals surface area contributed by atoms with Crippen molar-refractivity contribution in [3.05, 3.63) is 41.7 Å². The molecule has 2 aromatic rings. The Hall–Kier alpha value is -1.34. The molecule has 1 aliphatic rings. The van der Waals surface area contributed by atoms with E-state index in [1.165, 1.54) is 5.56 Å². The fourth-order valence-corrected chi connectivity index (χ4v) is 5.42. The summed E-state index contributed by atoms with van der Waals surface area (Å²) in [6.45, 7) is 2.13. The fourth-order valence-electron chi connectivity index (χ4n) is 2.73. The van der Waals surface area contributed by atoms with Crippen molar-refractivity contribution in [1.29, 1.82) is 0 Å². The zero-order valence-corrected chi connectivity index (χ0v) is 14.3. The van der Waals surface area contributed by atoms with Crippen LogP contribution in [0.4, 0.5) is 0 Å². The lowest BCUT2D eigenvalue weighted by molar-refractivity contribution is 0.599. The van der Waals surface area contributed by atoms with Crippen molar-refractivity contribution >= 4 is 21.6 Å². The predicted octanol–water partition coefficient (Wildman–Crippen LogP) is 2.57. The van der Waals surface area contributed by atoms with Gasteiger partial charge in [-0.15, -0.1) is 10.2 Å². The average Bonchev–Trinajstić information content (AvgIpc) is 3.03. The van der Waals surface area contributed by atoms with Gasteiger partial charge in [0.1, 0.15) is 5.82 Å². The van der Waals surface area contributed by atoms with Gasteiger partial charge >= 0.3 is 0 Å². The predicted molar refractivity (Wildman–Crippen MR) is 87.7 cm³/mol. The molecule has 0 amide bonds. The van der Waals surface area contributed by atoms with Crippen LogP contribution in [0.3, 0.4) is 0 Å². The molecular formula is C15H19N3O2S2. The van der Waals surface area contributed by atoms with E-state index in [4.69, 9.17) is 0 Å². The Morgan fingerprint density at radius 1 is 1.27 bits per heavy atom. The lowest BCUT2D eigenvalue weighted by Crippen LogP contribution is -2.09. The normalized spacial score (nSPS) is 21.8. The van der Waals surface area contributed by atoms with Crippen molar-refractivity contribution < 1.29 is 8.42 Å². The third-order valence-electron chi connectivity index (χ3n) is 4.02. The summed E-state index contributed by atoms with van der Waals surface area (Å²) >= 11 is 1.64. The second-order valence-corrected chi connectivity index (χ2v) is 9.21. The van der Waals surface area contributed by atoms with Gasteiger partial charge in [-0.05, 0) is 18.9 Å². The first-order valence-corrected chi connectivity index (χ1v) is 9.98. The summed E-state index contributed by atoms with van der Waals surface area (Å²) in [5.74, 6) is 1.21. The highest BCUT2D eigenvalue weighted by atomic mass is 32.2. The third kappa shape index (κ3) is 3.20. The van der Waals surface area contributed by atoms with Crippen molar-refractivity contribution in [3.8, 4) is 0 Å². The van der Waals surface area contributed by atoms with Gasteiger partial charge < -0.3 is 4.57 Å². The van der Waals surface area contributed by atoms with Crippen molar-refractivity contribution in [2.75, 3.05) is 11.5 Å². The van der Waals surface area contributed by atoms with Gasteiger partial charge in [0.05, 0.1) is 11.5 Å². The quantitative estimate of drug-likeness (QED) is 0.802. The molecule has 118 valence electrons. The topological polar surface area (TPSA) is 64.8 Å². The van der Waals surface area contributed by atoms with Crippen LogP contribution in [-0.4, -0.2) is 34.7 Å². The zero-order valence-electron chi connectivity index (χ0n) is 12.6. The van der Waals surface area contributed by atoms with Crippen molar-refractivity contribution in [3.63, 3.8) is 0 Å². The van der Waals surface area contributed by atoms with Crippen LogP contribution in [0.1, 0.15) is 35.9 Å². The third-order valence-corrected chi connectivity index (χ3v) is 6.98. The number of nitrogens with zero attached hydrogens (tertiary/aromatic N) is 3. The van der Waals surface area contributed by atoms with Gasteiger partial charge in [-0.3, -0.25) is 0 Å². The zero-order chi connectivity index (χ0) is 15.7. The van der Waals surface area contributed by atoms with Gasteiger partial charge in [-0.2, -0.15) is 0 Å². The Bertz CT molecular complexity index is 756. The van der Waals surface area contributed by atoms with Crippen LogP contribution in [0, 0.1) is 0 Å². The number of thioether (sulfide) groups is 1. The Morgan fingerprint density at radius 3 is 2.64 bits per heavy atom. The highest BCUT2D eigenvalue weighted by Crippen LogP contribution is 2.35. The minimum Gasteiger partial charge on any atom is -0.309 e. The van der Waals surface area contributed by atoms with Crippen LogP contribution in [0.25, 0.3) is 0 Å². The molecule has 1 aromatic heterocycles. The van der Waals surface area contributed by atoms with E-state index < -0.39 is 9.84 Å². The molecule has 0 bridgehead atoms. The summed E-state index contributed by atoms with van der Waals surface area (Å²) in [7, 11) is -0.988. The molecular weight excluding hydrogens is 318 g/mol. The molecule has 1 aliphatic heterocycles. The minimum absolute atomic E-state index is 0.0242. The van der Waals surface area contributed by atoms with Crippen molar-refractivity contribution in [2.24, 2.45) is 7.05 Å². The molecule has 0 aliphatic carbocycles. The second-order valence-electron chi connectivity index (χ2n) is 5.67. The van der Waals surface area contributed by atoms with Crippen molar-refractivity contribution in [2.45, 2.75) is 29.7 Å². The molecule has 0 radical (unpaired) electrons. The van der Waals surface area contributed by atoms with Gasteiger partial charge in [0, 0.05) is 18.2 Å². The molecule has 1 fully saturated rings. The van der Waals surface area contributed by atoms with Crippen LogP contribution in [0.2, 0.25) is 0 Å². The van der Waals surface area contributed by atoms with Crippen LogP contribution in [-0.2, 0) is 16.9 Å². The molecule has 0 N–H and O–H groups in total. The van der Waals surface area contributed by atoms with E-state index in [0.717, 1.165) is 11.0 Å². The Labute approximate surface area is 135 Å². The molecule has 5 nitrogen and oxygen atoms in total. The summed E-state index contributed by atoms with van der Waals surface area (Å²) in [6.07, 6.45) is 0.646. The van der Waals surface area contributed by atoms with Gasteiger partial charge in [0.2, 0.25) is 0 Å². The molecule has 3 rings (SSSR count). The standard InChI is InChI=1S/C15H19N3O2S2/c1-11(12-6-4-3-5-7-12)21-15-17-16-14(18(15)2)13-8-9-22(19,20)10-13/h3-7,11,13H,8-10H2,1-2H3. The smallest absolute Gasteiger partial charge is 0.191 e. The Morgan fingerprint density at radius 2 is 2.00 bits per heavy atom. The Kier molecular flexibility index (Phi) is 4.27. The lowest BCUT2D eigenvalue weighted by atomic mass is 10.1. The summed E-state index contributed by atoms with van der Waals surface area (Å²) in [5, 5.41) is 9.59. The molecule has 0 spiro atoms. The Balaban J connectivity index is 1.77. The van der Waals surface area contributed by atoms with E-state index in [1.54, 1.807) is 11.8 Å². The summed E-state index contributed by atoms with van der Waals surface area (Å²) in [6, 6.07) is 10.2. The fraction of sp³-hybridized carbons (Fsp3) is 0.467. The number of hydrogen-bond acceptors (Lipinski definition) is 5. The van der Waals surface area contributed by atoms with E-state index in [1.807, 2.05) is 29.8 Å². The van der Waals surface area contributed by atoms with Gasteiger partial charge in [-0.1, -0.05) is 42.1 Å².